The van der Waals surface area contributed by atoms with Crippen LogP contribution in [0.5, 0.6) is 5.75 Å². The largest absolute Gasteiger partial charge is 0.484 e. The van der Waals surface area contributed by atoms with E-state index in [4.69, 9.17) is 4.74 Å². The minimum atomic E-state index is -0.262. The number of ether oxygens (including phenoxy) is 1. The standard InChI is InChI=1S/C19H21N3O3/c1-14(20-21-19(24)16-7-5-4-6-8-16)15-9-11-17(12-10-15)25-13-18(23)22(2)3/h4-12H,13H2,1-3H3,(H,21,24)/b20-14+. The molecule has 6 nitrogen and oxygen atoms in total. The first-order valence-electron chi connectivity index (χ1n) is 7.80. The molecule has 0 saturated carbocycles. The normalized spacial score (nSPS) is 10.9. The molecular formula is C19H21N3O3. The van der Waals surface area contributed by atoms with Crippen molar-refractivity contribution in [3.63, 3.8) is 0 Å². The van der Waals surface area contributed by atoms with Gasteiger partial charge in [-0.3, -0.25) is 9.59 Å². The van der Waals surface area contributed by atoms with Crippen molar-refractivity contribution >= 4 is 17.5 Å². The number of hydrogen-bond acceptors (Lipinski definition) is 4. The third-order valence-electron chi connectivity index (χ3n) is 3.49. The molecule has 0 bridgehead atoms. The van der Waals surface area contributed by atoms with Gasteiger partial charge in [-0.25, -0.2) is 5.43 Å². The van der Waals surface area contributed by atoms with Crippen LogP contribution in [0.15, 0.2) is 59.7 Å². The van der Waals surface area contributed by atoms with E-state index in [0.717, 1.165) is 5.56 Å². The van der Waals surface area contributed by atoms with Gasteiger partial charge in [0.25, 0.3) is 11.8 Å². The molecule has 2 aromatic rings. The molecule has 0 atom stereocenters. The van der Waals surface area contributed by atoms with E-state index >= 15 is 0 Å². The SMILES string of the molecule is C/C(=N\NC(=O)c1ccccc1)c1ccc(OCC(=O)N(C)C)cc1. The van der Waals surface area contributed by atoms with Crippen LogP contribution in [0, 0.1) is 0 Å². The zero-order valence-corrected chi connectivity index (χ0v) is 14.5. The van der Waals surface area contributed by atoms with E-state index in [0.29, 0.717) is 17.0 Å². The van der Waals surface area contributed by atoms with Crippen molar-refractivity contribution in [3.05, 3.63) is 65.7 Å². The van der Waals surface area contributed by atoms with E-state index in [-0.39, 0.29) is 18.4 Å². The van der Waals surface area contributed by atoms with Crippen LogP contribution in [0.25, 0.3) is 0 Å². The molecule has 6 heteroatoms. The Labute approximate surface area is 147 Å². The second-order valence-electron chi connectivity index (χ2n) is 5.61. The van der Waals surface area contributed by atoms with Crippen LogP contribution in [0.1, 0.15) is 22.8 Å². The predicted molar refractivity (Wildman–Crippen MR) is 96.8 cm³/mol. The molecule has 25 heavy (non-hydrogen) atoms. The summed E-state index contributed by atoms with van der Waals surface area (Å²) in [4.78, 5) is 24.9. The van der Waals surface area contributed by atoms with Gasteiger partial charge in [0.05, 0.1) is 5.71 Å². The van der Waals surface area contributed by atoms with Gasteiger partial charge in [0.15, 0.2) is 6.61 Å². The maximum absolute atomic E-state index is 12.0. The molecule has 0 aliphatic carbocycles. The number of hydrogen-bond donors (Lipinski definition) is 1. The second-order valence-corrected chi connectivity index (χ2v) is 5.61. The van der Waals surface area contributed by atoms with Crippen molar-refractivity contribution in [2.75, 3.05) is 20.7 Å². The van der Waals surface area contributed by atoms with Crippen molar-refractivity contribution in [2.45, 2.75) is 6.92 Å². The van der Waals surface area contributed by atoms with E-state index in [2.05, 4.69) is 10.5 Å². The molecule has 0 fully saturated rings. The average Bonchev–Trinajstić information content (AvgIpc) is 2.64. The number of likely N-dealkylation sites (N-methyl/N-ethyl adjacent to an activating group) is 1. The molecule has 0 spiro atoms. The van der Waals surface area contributed by atoms with E-state index < -0.39 is 0 Å². The highest BCUT2D eigenvalue weighted by molar-refractivity contribution is 6.00. The van der Waals surface area contributed by atoms with Gasteiger partial charge >= 0.3 is 0 Å². The van der Waals surface area contributed by atoms with Crippen LogP contribution >= 0.6 is 0 Å². The summed E-state index contributed by atoms with van der Waals surface area (Å²) in [7, 11) is 3.36. The molecule has 0 heterocycles. The fourth-order valence-electron chi connectivity index (χ4n) is 1.92. The van der Waals surface area contributed by atoms with Crippen molar-refractivity contribution in [1.29, 1.82) is 0 Å². The minimum Gasteiger partial charge on any atom is -0.484 e. The van der Waals surface area contributed by atoms with Crippen LogP contribution in [-0.2, 0) is 4.79 Å². The molecule has 1 N–H and O–H groups in total. The Bertz CT molecular complexity index is 753. The molecule has 2 aromatic carbocycles. The Kier molecular flexibility index (Phi) is 6.28. The summed E-state index contributed by atoms with van der Waals surface area (Å²) in [5, 5.41) is 4.11. The average molecular weight is 339 g/mol. The maximum atomic E-state index is 12.0. The summed E-state index contributed by atoms with van der Waals surface area (Å²) in [6, 6.07) is 16.1. The molecule has 0 aliphatic rings. The van der Waals surface area contributed by atoms with Crippen LogP contribution in [0.2, 0.25) is 0 Å². The highest BCUT2D eigenvalue weighted by atomic mass is 16.5. The van der Waals surface area contributed by atoms with Gasteiger partial charge in [0, 0.05) is 19.7 Å². The van der Waals surface area contributed by atoms with E-state index in [9.17, 15) is 9.59 Å². The number of amides is 2. The number of carbonyl (C=O) groups excluding carboxylic acids is 2. The lowest BCUT2D eigenvalue weighted by Gasteiger charge is -2.11. The van der Waals surface area contributed by atoms with Crippen molar-refractivity contribution in [1.82, 2.24) is 10.3 Å². The van der Waals surface area contributed by atoms with Crippen LogP contribution in [0.3, 0.4) is 0 Å². The Morgan fingerprint density at radius 3 is 2.24 bits per heavy atom. The van der Waals surface area contributed by atoms with Crippen molar-refractivity contribution in [3.8, 4) is 5.75 Å². The van der Waals surface area contributed by atoms with Crippen LogP contribution in [-0.4, -0.2) is 43.1 Å². The molecular weight excluding hydrogens is 318 g/mol. The lowest BCUT2D eigenvalue weighted by atomic mass is 10.1. The number of nitrogens with one attached hydrogen (secondary N) is 1. The Morgan fingerprint density at radius 2 is 1.64 bits per heavy atom. The summed E-state index contributed by atoms with van der Waals surface area (Å²) in [6.07, 6.45) is 0. The van der Waals surface area contributed by atoms with Gasteiger partial charge in [0.1, 0.15) is 5.75 Å². The smallest absolute Gasteiger partial charge is 0.271 e. The summed E-state index contributed by atoms with van der Waals surface area (Å²) >= 11 is 0. The third-order valence-corrected chi connectivity index (χ3v) is 3.49. The van der Waals surface area contributed by atoms with E-state index in [1.807, 2.05) is 18.2 Å². The molecule has 2 amide bonds. The van der Waals surface area contributed by atoms with Gasteiger partial charge < -0.3 is 9.64 Å². The zero-order valence-electron chi connectivity index (χ0n) is 14.5. The molecule has 0 aliphatic heterocycles. The van der Waals surface area contributed by atoms with Gasteiger partial charge in [0.2, 0.25) is 0 Å². The van der Waals surface area contributed by atoms with Gasteiger partial charge in [-0.2, -0.15) is 5.10 Å². The first-order valence-corrected chi connectivity index (χ1v) is 7.80. The second kappa shape index (κ2) is 8.63. The fraction of sp³-hybridized carbons (Fsp3) is 0.211. The van der Waals surface area contributed by atoms with Crippen LogP contribution in [0.4, 0.5) is 0 Å². The summed E-state index contributed by atoms with van der Waals surface area (Å²) in [6.45, 7) is 1.79. The van der Waals surface area contributed by atoms with E-state index in [1.165, 1.54) is 4.90 Å². The predicted octanol–water partition coefficient (Wildman–Crippen LogP) is 2.31. The number of benzene rings is 2. The molecule has 0 radical (unpaired) electrons. The fourth-order valence-corrected chi connectivity index (χ4v) is 1.92. The maximum Gasteiger partial charge on any atom is 0.271 e. The lowest BCUT2D eigenvalue weighted by molar-refractivity contribution is -0.130. The molecule has 2 rings (SSSR count). The monoisotopic (exact) mass is 339 g/mol. The Morgan fingerprint density at radius 1 is 1.00 bits per heavy atom. The summed E-state index contributed by atoms with van der Waals surface area (Å²) in [5.74, 6) is 0.229. The number of nitrogens with zero attached hydrogens (tertiary/aromatic N) is 2. The van der Waals surface area contributed by atoms with Crippen molar-refractivity contribution in [2.24, 2.45) is 5.10 Å². The Balaban J connectivity index is 1.94. The van der Waals surface area contributed by atoms with E-state index in [1.54, 1.807) is 57.4 Å². The highest BCUT2D eigenvalue weighted by Crippen LogP contribution is 2.13. The molecule has 0 saturated heterocycles. The molecule has 0 unspecified atom stereocenters. The first-order chi connectivity index (χ1) is 12.0. The Hall–Kier alpha value is -3.15. The summed E-state index contributed by atoms with van der Waals surface area (Å²) in [5.41, 5.74) is 4.60. The number of rotatable bonds is 6. The minimum absolute atomic E-state index is 0.00739. The summed E-state index contributed by atoms with van der Waals surface area (Å²) < 4.78 is 5.42. The van der Waals surface area contributed by atoms with Gasteiger partial charge in [-0.1, -0.05) is 18.2 Å². The first kappa shape index (κ1) is 18.2. The van der Waals surface area contributed by atoms with Gasteiger partial charge in [-0.15, -0.1) is 0 Å². The van der Waals surface area contributed by atoms with Crippen LogP contribution < -0.4 is 10.2 Å². The molecule has 130 valence electrons. The highest BCUT2D eigenvalue weighted by Gasteiger charge is 2.06. The van der Waals surface area contributed by atoms with Crippen molar-refractivity contribution < 1.29 is 14.3 Å². The lowest BCUT2D eigenvalue weighted by Crippen LogP contribution is -2.27. The number of carbonyl (C=O) groups is 2. The topological polar surface area (TPSA) is 71.0 Å². The van der Waals surface area contributed by atoms with Gasteiger partial charge in [-0.05, 0) is 48.9 Å². The quantitative estimate of drug-likeness (QED) is 0.648. The third kappa shape index (κ3) is 5.46. The number of hydrazone groups is 1. The zero-order chi connectivity index (χ0) is 18.2. The molecule has 0 aromatic heterocycles.